The molecule has 0 bridgehead atoms. The lowest BCUT2D eigenvalue weighted by Gasteiger charge is -2.19. The molecular formula is C14H16O4. The number of carbonyl (C=O) groups is 1. The van der Waals surface area contributed by atoms with E-state index in [1.54, 1.807) is 12.1 Å². The van der Waals surface area contributed by atoms with Crippen molar-refractivity contribution in [2.75, 3.05) is 7.11 Å². The van der Waals surface area contributed by atoms with Gasteiger partial charge in [0.05, 0.1) is 12.7 Å². The molecule has 18 heavy (non-hydrogen) atoms. The van der Waals surface area contributed by atoms with Crippen LogP contribution < -0.4 is 4.74 Å². The highest BCUT2D eigenvalue weighted by Crippen LogP contribution is 2.29. The molecule has 1 N–H and O–H groups in total. The van der Waals surface area contributed by atoms with E-state index in [1.165, 1.54) is 13.2 Å². The van der Waals surface area contributed by atoms with Crippen molar-refractivity contribution in [3.8, 4) is 11.5 Å². The second kappa shape index (κ2) is 5.58. The van der Waals surface area contributed by atoms with E-state index < -0.39 is 5.97 Å². The number of hydrogen-bond donors (Lipinski definition) is 1. The molecule has 0 radical (unpaired) electrons. The quantitative estimate of drug-likeness (QED) is 0.660. The maximum absolute atomic E-state index is 11.3. The third kappa shape index (κ3) is 2.83. The third-order valence-electron chi connectivity index (χ3n) is 2.87. The molecule has 2 rings (SSSR count). The predicted octanol–water partition coefficient (Wildman–Crippen LogP) is 2.67. The van der Waals surface area contributed by atoms with Crippen LogP contribution in [0.4, 0.5) is 0 Å². The SMILES string of the molecule is COC(=O)c1ccc(OC2C=CCCC2)c(O)c1. The Morgan fingerprint density at radius 3 is 2.89 bits per heavy atom. The van der Waals surface area contributed by atoms with Crippen molar-refractivity contribution in [1.82, 2.24) is 0 Å². The lowest BCUT2D eigenvalue weighted by molar-refractivity contribution is 0.0600. The molecule has 4 heteroatoms. The van der Waals surface area contributed by atoms with Crippen LogP contribution in [0.25, 0.3) is 0 Å². The summed E-state index contributed by atoms with van der Waals surface area (Å²) in [6.45, 7) is 0. The van der Waals surface area contributed by atoms with Crippen molar-refractivity contribution < 1.29 is 19.4 Å². The maximum atomic E-state index is 11.3. The zero-order valence-corrected chi connectivity index (χ0v) is 10.3. The van der Waals surface area contributed by atoms with Crippen LogP contribution in [-0.4, -0.2) is 24.3 Å². The molecule has 1 unspecified atom stereocenters. The van der Waals surface area contributed by atoms with Crippen molar-refractivity contribution in [3.63, 3.8) is 0 Å². The highest BCUT2D eigenvalue weighted by Gasteiger charge is 2.14. The number of phenolic OH excluding ortho intramolecular Hbond substituents is 1. The van der Waals surface area contributed by atoms with Gasteiger partial charge in [0, 0.05) is 0 Å². The highest BCUT2D eigenvalue weighted by molar-refractivity contribution is 5.90. The standard InChI is InChI=1S/C14H16O4/c1-17-14(16)10-7-8-13(12(15)9-10)18-11-5-3-2-4-6-11/h3,5,7-9,11,15H,2,4,6H2,1H3. The maximum Gasteiger partial charge on any atom is 0.337 e. The summed E-state index contributed by atoms with van der Waals surface area (Å²) >= 11 is 0. The number of esters is 1. The number of hydrogen-bond acceptors (Lipinski definition) is 4. The van der Waals surface area contributed by atoms with Gasteiger partial charge in [-0.2, -0.15) is 0 Å². The molecule has 0 amide bonds. The van der Waals surface area contributed by atoms with Gasteiger partial charge in [-0.1, -0.05) is 6.08 Å². The molecule has 0 spiro atoms. The van der Waals surface area contributed by atoms with Crippen molar-refractivity contribution in [2.24, 2.45) is 0 Å². The largest absolute Gasteiger partial charge is 0.504 e. The molecular weight excluding hydrogens is 232 g/mol. The Morgan fingerprint density at radius 1 is 1.44 bits per heavy atom. The summed E-state index contributed by atoms with van der Waals surface area (Å²) in [5, 5.41) is 9.81. The van der Waals surface area contributed by atoms with E-state index in [-0.39, 0.29) is 11.9 Å². The number of methoxy groups -OCH3 is 1. The number of allylic oxidation sites excluding steroid dienone is 1. The lowest BCUT2D eigenvalue weighted by Crippen LogP contribution is -2.15. The van der Waals surface area contributed by atoms with Gasteiger partial charge < -0.3 is 14.6 Å². The average molecular weight is 248 g/mol. The number of ether oxygens (including phenoxy) is 2. The van der Waals surface area contributed by atoms with Crippen LogP contribution in [0.3, 0.4) is 0 Å². The van der Waals surface area contributed by atoms with E-state index in [9.17, 15) is 9.90 Å². The molecule has 1 atom stereocenters. The molecule has 1 aromatic rings. The second-order valence-corrected chi connectivity index (χ2v) is 4.19. The molecule has 0 fully saturated rings. The molecule has 96 valence electrons. The van der Waals surface area contributed by atoms with E-state index in [1.807, 2.05) is 6.08 Å². The van der Waals surface area contributed by atoms with Crippen LogP contribution >= 0.6 is 0 Å². The fourth-order valence-corrected chi connectivity index (χ4v) is 1.90. The van der Waals surface area contributed by atoms with Crippen LogP contribution in [0.1, 0.15) is 29.6 Å². The fraction of sp³-hybridized carbons (Fsp3) is 0.357. The van der Waals surface area contributed by atoms with Gasteiger partial charge >= 0.3 is 5.97 Å². The van der Waals surface area contributed by atoms with Gasteiger partial charge in [0.2, 0.25) is 0 Å². The molecule has 0 heterocycles. The monoisotopic (exact) mass is 248 g/mol. The van der Waals surface area contributed by atoms with E-state index in [2.05, 4.69) is 10.8 Å². The summed E-state index contributed by atoms with van der Waals surface area (Å²) in [6.07, 6.45) is 7.17. The summed E-state index contributed by atoms with van der Waals surface area (Å²) in [6, 6.07) is 4.52. The minimum absolute atomic E-state index is 0.00590. The number of rotatable bonds is 3. The molecule has 1 aromatic carbocycles. The van der Waals surface area contributed by atoms with E-state index in [0.29, 0.717) is 11.3 Å². The van der Waals surface area contributed by atoms with Gasteiger partial charge in [0.25, 0.3) is 0 Å². The summed E-state index contributed by atoms with van der Waals surface area (Å²) < 4.78 is 10.2. The minimum atomic E-state index is -0.477. The Bertz CT molecular complexity index is 465. The van der Waals surface area contributed by atoms with Crippen molar-refractivity contribution in [1.29, 1.82) is 0 Å². The summed E-state index contributed by atoms with van der Waals surface area (Å²) in [7, 11) is 1.30. The molecule has 0 aromatic heterocycles. The van der Waals surface area contributed by atoms with Gasteiger partial charge in [-0.05, 0) is 43.5 Å². The normalized spacial score (nSPS) is 18.4. The van der Waals surface area contributed by atoms with Crippen LogP contribution in [0.2, 0.25) is 0 Å². The Kier molecular flexibility index (Phi) is 3.87. The van der Waals surface area contributed by atoms with Crippen molar-refractivity contribution in [3.05, 3.63) is 35.9 Å². The third-order valence-corrected chi connectivity index (χ3v) is 2.87. The van der Waals surface area contributed by atoms with Gasteiger partial charge in [-0.3, -0.25) is 0 Å². The molecule has 0 aliphatic heterocycles. The van der Waals surface area contributed by atoms with Gasteiger partial charge in [0.1, 0.15) is 6.10 Å². The Morgan fingerprint density at radius 2 is 2.28 bits per heavy atom. The van der Waals surface area contributed by atoms with Crippen LogP contribution in [0, 0.1) is 0 Å². The van der Waals surface area contributed by atoms with Crippen LogP contribution in [0.5, 0.6) is 11.5 Å². The minimum Gasteiger partial charge on any atom is -0.504 e. The first-order valence-corrected chi connectivity index (χ1v) is 5.95. The lowest BCUT2D eigenvalue weighted by atomic mass is 10.1. The molecule has 0 saturated carbocycles. The molecule has 4 nitrogen and oxygen atoms in total. The Hall–Kier alpha value is -1.97. The number of carbonyl (C=O) groups excluding carboxylic acids is 1. The first-order chi connectivity index (χ1) is 8.70. The van der Waals surface area contributed by atoms with Gasteiger partial charge in [-0.25, -0.2) is 4.79 Å². The first kappa shape index (κ1) is 12.5. The second-order valence-electron chi connectivity index (χ2n) is 4.19. The van der Waals surface area contributed by atoms with E-state index in [4.69, 9.17) is 4.74 Å². The summed E-state index contributed by atoms with van der Waals surface area (Å²) in [5.74, 6) is -0.134. The zero-order chi connectivity index (χ0) is 13.0. The highest BCUT2D eigenvalue weighted by atomic mass is 16.5. The Labute approximate surface area is 106 Å². The Balaban J connectivity index is 2.12. The van der Waals surface area contributed by atoms with E-state index >= 15 is 0 Å². The van der Waals surface area contributed by atoms with E-state index in [0.717, 1.165) is 19.3 Å². The smallest absolute Gasteiger partial charge is 0.337 e. The molecule has 0 saturated heterocycles. The van der Waals surface area contributed by atoms with Crippen LogP contribution in [0.15, 0.2) is 30.4 Å². The zero-order valence-electron chi connectivity index (χ0n) is 10.3. The topological polar surface area (TPSA) is 55.8 Å². The van der Waals surface area contributed by atoms with Gasteiger partial charge in [0.15, 0.2) is 11.5 Å². The number of benzene rings is 1. The predicted molar refractivity (Wildman–Crippen MR) is 66.9 cm³/mol. The van der Waals surface area contributed by atoms with Crippen molar-refractivity contribution in [2.45, 2.75) is 25.4 Å². The fourth-order valence-electron chi connectivity index (χ4n) is 1.90. The van der Waals surface area contributed by atoms with Crippen molar-refractivity contribution >= 4 is 5.97 Å². The summed E-state index contributed by atoms with van der Waals surface area (Å²) in [5.41, 5.74) is 0.307. The van der Waals surface area contributed by atoms with Gasteiger partial charge in [-0.15, -0.1) is 0 Å². The number of phenols is 1. The first-order valence-electron chi connectivity index (χ1n) is 5.95. The number of aromatic hydroxyl groups is 1. The average Bonchev–Trinajstić information content (AvgIpc) is 2.41. The summed E-state index contributed by atoms with van der Waals surface area (Å²) in [4.78, 5) is 11.3. The van der Waals surface area contributed by atoms with Crippen LogP contribution in [-0.2, 0) is 4.74 Å². The molecule has 1 aliphatic carbocycles. The molecule has 1 aliphatic rings.